The van der Waals surface area contributed by atoms with E-state index in [1.54, 1.807) is 6.92 Å². The molecule has 0 saturated heterocycles. The van der Waals surface area contributed by atoms with Crippen molar-refractivity contribution in [1.29, 1.82) is 0 Å². The van der Waals surface area contributed by atoms with Crippen LogP contribution >= 0.6 is 0 Å². The molecule has 5 nitrogen and oxygen atoms in total. The van der Waals surface area contributed by atoms with Gasteiger partial charge in [0.25, 0.3) is 0 Å². The Morgan fingerprint density at radius 1 is 1.47 bits per heavy atom. The number of rotatable bonds is 4. The van der Waals surface area contributed by atoms with Crippen LogP contribution in [0.4, 0.5) is 10.1 Å². The zero-order chi connectivity index (χ0) is 13.0. The third-order valence-corrected chi connectivity index (χ3v) is 2.03. The second-order valence-electron chi connectivity index (χ2n) is 3.79. The maximum Gasteiger partial charge on any atom is 0.248 e. The number of nitrogens with one attached hydrogen (secondary N) is 1. The van der Waals surface area contributed by atoms with Crippen molar-refractivity contribution in [3.8, 4) is 0 Å². The van der Waals surface area contributed by atoms with Crippen LogP contribution in [-0.2, 0) is 4.79 Å². The average Bonchev–Trinajstić information content (AvgIpc) is 2.19. The molecular formula is C11H14FN3O2. The predicted octanol–water partition coefficient (Wildman–Crippen LogP) is 0.600. The average molecular weight is 239 g/mol. The third-order valence-electron chi connectivity index (χ3n) is 2.03. The minimum Gasteiger partial charge on any atom is -0.366 e. The molecule has 0 fully saturated rings. The summed E-state index contributed by atoms with van der Waals surface area (Å²) in [4.78, 5) is 22.3. The molecule has 0 heterocycles. The number of hydrogen-bond donors (Lipinski definition) is 3. The van der Waals surface area contributed by atoms with Gasteiger partial charge in [-0.25, -0.2) is 4.39 Å². The Hall–Kier alpha value is -1.95. The van der Waals surface area contributed by atoms with E-state index >= 15 is 0 Å². The fourth-order valence-electron chi connectivity index (χ4n) is 1.27. The molecule has 0 bridgehead atoms. The Labute approximate surface area is 98.0 Å². The Morgan fingerprint density at radius 3 is 2.65 bits per heavy atom. The van der Waals surface area contributed by atoms with Crippen LogP contribution in [0.15, 0.2) is 18.2 Å². The Balaban J connectivity index is 2.86. The van der Waals surface area contributed by atoms with E-state index in [9.17, 15) is 14.0 Å². The molecule has 5 N–H and O–H groups in total. The van der Waals surface area contributed by atoms with E-state index in [2.05, 4.69) is 5.32 Å². The first-order chi connectivity index (χ1) is 7.90. The number of halogens is 1. The molecule has 92 valence electrons. The number of carbonyl (C=O) groups is 2. The minimum atomic E-state index is -0.687. The fraction of sp³-hybridized carbons (Fsp3) is 0.273. The van der Waals surface area contributed by atoms with Crippen LogP contribution in [0.1, 0.15) is 23.7 Å². The van der Waals surface area contributed by atoms with Crippen molar-refractivity contribution in [3.05, 3.63) is 29.6 Å². The highest BCUT2D eigenvalue weighted by Crippen LogP contribution is 2.16. The smallest absolute Gasteiger partial charge is 0.248 e. The van der Waals surface area contributed by atoms with Crippen molar-refractivity contribution < 1.29 is 14.0 Å². The van der Waals surface area contributed by atoms with Gasteiger partial charge in [0.1, 0.15) is 5.82 Å². The molecule has 0 aliphatic carbocycles. The van der Waals surface area contributed by atoms with E-state index in [1.165, 1.54) is 12.1 Å². The van der Waals surface area contributed by atoms with Crippen molar-refractivity contribution in [1.82, 2.24) is 0 Å². The Kier molecular flexibility index (Phi) is 4.17. The van der Waals surface area contributed by atoms with Gasteiger partial charge >= 0.3 is 0 Å². The van der Waals surface area contributed by atoms with Gasteiger partial charge in [-0.2, -0.15) is 0 Å². The molecule has 0 saturated carbocycles. The SMILES string of the molecule is CC(N)CC(=O)Nc1cc(C(N)=O)ccc1F. The number of carbonyl (C=O) groups excluding carboxylic acids is 2. The maximum absolute atomic E-state index is 13.3. The summed E-state index contributed by atoms with van der Waals surface area (Å²) in [7, 11) is 0. The second-order valence-corrected chi connectivity index (χ2v) is 3.79. The normalized spacial score (nSPS) is 11.9. The van der Waals surface area contributed by atoms with E-state index < -0.39 is 17.6 Å². The quantitative estimate of drug-likeness (QED) is 0.717. The summed E-state index contributed by atoms with van der Waals surface area (Å²) >= 11 is 0. The summed E-state index contributed by atoms with van der Waals surface area (Å²) < 4.78 is 13.3. The van der Waals surface area contributed by atoms with Crippen molar-refractivity contribution in [2.75, 3.05) is 5.32 Å². The fourth-order valence-corrected chi connectivity index (χ4v) is 1.27. The number of amides is 2. The molecule has 0 aromatic heterocycles. The van der Waals surface area contributed by atoms with Crippen LogP contribution in [0.2, 0.25) is 0 Å². The van der Waals surface area contributed by atoms with Crippen molar-refractivity contribution in [2.24, 2.45) is 11.5 Å². The maximum atomic E-state index is 13.3. The number of nitrogens with two attached hydrogens (primary N) is 2. The van der Waals surface area contributed by atoms with Gasteiger partial charge in [0, 0.05) is 18.0 Å². The molecule has 1 aromatic carbocycles. The monoisotopic (exact) mass is 239 g/mol. The van der Waals surface area contributed by atoms with Crippen LogP contribution in [0.25, 0.3) is 0 Å². The van der Waals surface area contributed by atoms with Gasteiger partial charge in [0.05, 0.1) is 5.69 Å². The highest BCUT2D eigenvalue weighted by molar-refractivity contribution is 5.96. The van der Waals surface area contributed by atoms with Crippen molar-refractivity contribution in [3.63, 3.8) is 0 Å². The van der Waals surface area contributed by atoms with Crippen LogP contribution in [0, 0.1) is 5.82 Å². The summed E-state index contributed by atoms with van der Waals surface area (Å²) in [5.41, 5.74) is 10.5. The zero-order valence-corrected chi connectivity index (χ0v) is 9.37. The summed E-state index contributed by atoms with van der Waals surface area (Å²) in [5.74, 6) is -1.73. The minimum absolute atomic E-state index is 0.0697. The molecule has 1 aromatic rings. The number of benzene rings is 1. The molecule has 0 aliphatic rings. The van der Waals surface area contributed by atoms with E-state index in [1.807, 2.05) is 0 Å². The largest absolute Gasteiger partial charge is 0.366 e. The summed E-state index contributed by atoms with van der Waals surface area (Å²) in [6.45, 7) is 1.66. The highest BCUT2D eigenvalue weighted by Gasteiger charge is 2.11. The third kappa shape index (κ3) is 3.84. The number of anilines is 1. The van der Waals surface area contributed by atoms with E-state index in [0.717, 1.165) is 6.07 Å². The Morgan fingerprint density at radius 2 is 2.12 bits per heavy atom. The van der Waals surface area contributed by atoms with Crippen LogP contribution in [-0.4, -0.2) is 17.9 Å². The lowest BCUT2D eigenvalue weighted by Gasteiger charge is -2.09. The lowest BCUT2D eigenvalue weighted by atomic mass is 10.1. The topological polar surface area (TPSA) is 98.2 Å². The number of primary amides is 1. The molecule has 1 rings (SSSR count). The Bertz CT molecular complexity index is 446. The van der Waals surface area contributed by atoms with Gasteiger partial charge < -0.3 is 16.8 Å². The van der Waals surface area contributed by atoms with E-state index in [4.69, 9.17) is 11.5 Å². The molecule has 0 spiro atoms. The first kappa shape index (κ1) is 13.1. The van der Waals surface area contributed by atoms with Crippen LogP contribution in [0.5, 0.6) is 0 Å². The van der Waals surface area contributed by atoms with Gasteiger partial charge in [-0.05, 0) is 25.1 Å². The highest BCUT2D eigenvalue weighted by atomic mass is 19.1. The predicted molar refractivity (Wildman–Crippen MR) is 61.8 cm³/mol. The molecule has 0 aliphatic heterocycles. The zero-order valence-electron chi connectivity index (χ0n) is 9.37. The van der Waals surface area contributed by atoms with Crippen LogP contribution in [0.3, 0.4) is 0 Å². The summed E-state index contributed by atoms with van der Waals surface area (Å²) in [6, 6.07) is 3.19. The van der Waals surface area contributed by atoms with Gasteiger partial charge in [0.15, 0.2) is 0 Å². The lowest BCUT2D eigenvalue weighted by Crippen LogP contribution is -2.24. The summed E-state index contributed by atoms with van der Waals surface area (Å²) in [6.07, 6.45) is 0.0697. The van der Waals surface area contributed by atoms with E-state index in [-0.39, 0.29) is 23.7 Å². The molecule has 0 radical (unpaired) electrons. The molecular weight excluding hydrogens is 225 g/mol. The van der Waals surface area contributed by atoms with Gasteiger partial charge in [-0.1, -0.05) is 0 Å². The van der Waals surface area contributed by atoms with E-state index in [0.29, 0.717) is 0 Å². The molecule has 2 amide bonds. The van der Waals surface area contributed by atoms with Gasteiger partial charge in [-0.3, -0.25) is 9.59 Å². The second kappa shape index (κ2) is 5.40. The van der Waals surface area contributed by atoms with Gasteiger partial charge in [0.2, 0.25) is 11.8 Å². The van der Waals surface area contributed by atoms with Crippen molar-refractivity contribution in [2.45, 2.75) is 19.4 Å². The summed E-state index contributed by atoms with van der Waals surface area (Å²) in [5, 5.41) is 2.34. The van der Waals surface area contributed by atoms with Gasteiger partial charge in [-0.15, -0.1) is 0 Å². The molecule has 1 unspecified atom stereocenters. The molecule has 6 heteroatoms. The van der Waals surface area contributed by atoms with Crippen molar-refractivity contribution >= 4 is 17.5 Å². The first-order valence-corrected chi connectivity index (χ1v) is 5.05. The lowest BCUT2D eigenvalue weighted by molar-refractivity contribution is -0.116. The standard InChI is InChI=1S/C11H14FN3O2/c1-6(13)4-10(16)15-9-5-7(11(14)17)2-3-8(9)12/h2-3,5-6H,4,13H2,1H3,(H2,14,17)(H,15,16). The first-order valence-electron chi connectivity index (χ1n) is 5.05. The van der Waals surface area contributed by atoms with Crippen LogP contribution < -0.4 is 16.8 Å². The molecule has 17 heavy (non-hydrogen) atoms. The number of hydrogen-bond acceptors (Lipinski definition) is 3. The molecule has 1 atom stereocenters.